The first-order valence-electron chi connectivity index (χ1n) is 3.23. The average Bonchev–Trinajstić information content (AvgIpc) is 2.00. The summed E-state index contributed by atoms with van der Waals surface area (Å²) in [6.45, 7) is 0. The molecule has 0 radical (unpaired) electrons. The van der Waals surface area contributed by atoms with Crippen LogP contribution >= 0.6 is 0 Å². The van der Waals surface area contributed by atoms with Crippen molar-refractivity contribution in [1.29, 1.82) is 0 Å². The molecule has 12 heavy (non-hydrogen) atoms. The van der Waals surface area contributed by atoms with Gasteiger partial charge in [-0.3, -0.25) is 0 Å². The predicted molar refractivity (Wildman–Crippen MR) is 38.6 cm³/mol. The van der Waals surface area contributed by atoms with Crippen LogP contribution in [0.3, 0.4) is 0 Å². The summed E-state index contributed by atoms with van der Waals surface area (Å²) in [5.74, 6) is -3.13. The van der Waals surface area contributed by atoms with Crippen molar-refractivity contribution in [1.82, 2.24) is 0 Å². The molecule has 1 rings (SSSR count). The highest BCUT2D eigenvalue weighted by molar-refractivity contribution is 5.81. The molecule has 0 aromatic heterocycles. The molecule has 0 fully saturated rings. The molecule has 1 aliphatic rings. The lowest BCUT2D eigenvalue weighted by atomic mass is 9.92. The van der Waals surface area contributed by atoms with Gasteiger partial charge < -0.3 is 20.4 Å². The van der Waals surface area contributed by atoms with Gasteiger partial charge in [0.25, 0.3) is 0 Å². The summed E-state index contributed by atoms with van der Waals surface area (Å²) >= 11 is 0. The van der Waals surface area contributed by atoms with E-state index in [4.69, 9.17) is 15.3 Å². The van der Waals surface area contributed by atoms with E-state index in [1.807, 2.05) is 0 Å². The van der Waals surface area contributed by atoms with E-state index in [0.29, 0.717) is 0 Å². The first-order valence-corrected chi connectivity index (χ1v) is 3.23. The molecule has 0 saturated carbocycles. The van der Waals surface area contributed by atoms with Crippen LogP contribution < -0.4 is 0 Å². The van der Waals surface area contributed by atoms with Crippen molar-refractivity contribution in [2.45, 2.75) is 12.0 Å². The molecule has 0 amide bonds. The Morgan fingerprint density at radius 2 is 2.08 bits per heavy atom. The smallest absolute Gasteiger partial charge is 0.344 e. The van der Waals surface area contributed by atoms with Crippen LogP contribution in [0.4, 0.5) is 0 Å². The zero-order valence-electron chi connectivity index (χ0n) is 6.06. The molecule has 0 aromatic carbocycles. The summed E-state index contributed by atoms with van der Waals surface area (Å²) in [5, 5.41) is 35.7. The van der Waals surface area contributed by atoms with E-state index in [-0.39, 0.29) is 6.42 Å². The molecular formula is C7H8O5. The first-order chi connectivity index (χ1) is 5.48. The second-order valence-corrected chi connectivity index (χ2v) is 2.51. The molecule has 0 spiro atoms. The fraction of sp³-hybridized carbons (Fsp3) is 0.286. The molecule has 0 aromatic rings. The lowest BCUT2D eigenvalue weighted by molar-refractivity contribution is -0.157. The summed E-state index contributed by atoms with van der Waals surface area (Å²) < 4.78 is 0. The SMILES string of the molecule is O=C(O)C1(O)CC=CC(O)=C1O. The Hall–Kier alpha value is -1.49. The zero-order valence-corrected chi connectivity index (χ0v) is 6.06. The van der Waals surface area contributed by atoms with Crippen molar-refractivity contribution >= 4 is 5.97 Å². The summed E-state index contributed by atoms with van der Waals surface area (Å²) in [7, 11) is 0. The van der Waals surface area contributed by atoms with Crippen LogP contribution in [0, 0.1) is 0 Å². The third-order valence-corrected chi connectivity index (χ3v) is 1.68. The minimum atomic E-state index is -2.38. The van der Waals surface area contributed by atoms with Crippen LogP contribution in [0.5, 0.6) is 0 Å². The van der Waals surface area contributed by atoms with E-state index < -0.39 is 23.1 Å². The number of aliphatic carboxylic acids is 1. The van der Waals surface area contributed by atoms with Gasteiger partial charge in [-0.1, -0.05) is 6.08 Å². The highest BCUT2D eigenvalue weighted by atomic mass is 16.4. The van der Waals surface area contributed by atoms with Crippen molar-refractivity contribution in [3.05, 3.63) is 23.7 Å². The molecule has 5 nitrogen and oxygen atoms in total. The molecule has 1 aliphatic carbocycles. The van der Waals surface area contributed by atoms with Crippen LogP contribution in [-0.4, -0.2) is 32.0 Å². The Balaban J connectivity index is 3.12. The van der Waals surface area contributed by atoms with Crippen LogP contribution in [0.15, 0.2) is 23.7 Å². The number of aliphatic hydroxyl groups is 3. The quantitative estimate of drug-likeness (QED) is 0.449. The number of aliphatic hydroxyl groups excluding tert-OH is 2. The number of hydrogen-bond acceptors (Lipinski definition) is 4. The molecule has 4 N–H and O–H groups in total. The highest BCUT2D eigenvalue weighted by Gasteiger charge is 2.43. The Labute approximate surface area is 67.9 Å². The number of carboxylic acid groups (broad SMARTS) is 1. The average molecular weight is 172 g/mol. The van der Waals surface area contributed by atoms with Crippen molar-refractivity contribution in [2.75, 3.05) is 0 Å². The number of hydrogen-bond donors (Lipinski definition) is 4. The summed E-state index contributed by atoms with van der Waals surface area (Å²) in [6, 6.07) is 0. The molecule has 0 heterocycles. The fourth-order valence-electron chi connectivity index (χ4n) is 0.917. The van der Waals surface area contributed by atoms with Gasteiger partial charge in [0.1, 0.15) is 0 Å². The maximum absolute atomic E-state index is 10.4. The van der Waals surface area contributed by atoms with Gasteiger partial charge in [0.05, 0.1) is 0 Å². The monoisotopic (exact) mass is 172 g/mol. The van der Waals surface area contributed by atoms with E-state index >= 15 is 0 Å². The predicted octanol–water partition coefficient (Wildman–Crippen LogP) is 0.0896. The van der Waals surface area contributed by atoms with Crippen molar-refractivity contribution in [3.63, 3.8) is 0 Å². The fourth-order valence-corrected chi connectivity index (χ4v) is 0.917. The van der Waals surface area contributed by atoms with Gasteiger partial charge in [-0.15, -0.1) is 0 Å². The summed E-state index contributed by atoms with van der Waals surface area (Å²) in [6.07, 6.45) is 2.15. The van der Waals surface area contributed by atoms with Gasteiger partial charge in [0.2, 0.25) is 5.60 Å². The maximum Gasteiger partial charge on any atom is 0.344 e. The Morgan fingerprint density at radius 3 is 2.50 bits per heavy atom. The van der Waals surface area contributed by atoms with Crippen LogP contribution in [0.2, 0.25) is 0 Å². The summed E-state index contributed by atoms with van der Waals surface area (Å²) in [5.41, 5.74) is -2.38. The standard InChI is InChI=1S/C7H8O5/c8-4-2-1-3-7(12,5(4)9)6(10)11/h1-2,8-9,12H,3H2,(H,10,11). The van der Waals surface area contributed by atoms with Gasteiger partial charge in [-0.2, -0.15) is 0 Å². The number of allylic oxidation sites excluding steroid dienone is 1. The van der Waals surface area contributed by atoms with E-state index in [9.17, 15) is 9.90 Å². The lowest BCUT2D eigenvalue weighted by Gasteiger charge is -2.23. The van der Waals surface area contributed by atoms with Gasteiger partial charge in [-0.05, 0) is 6.08 Å². The maximum atomic E-state index is 10.4. The van der Waals surface area contributed by atoms with Gasteiger partial charge >= 0.3 is 5.97 Å². The molecule has 66 valence electrons. The number of carboxylic acids is 1. The lowest BCUT2D eigenvalue weighted by Crippen LogP contribution is -2.41. The van der Waals surface area contributed by atoms with E-state index in [2.05, 4.69) is 0 Å². The highest BCUT2D eigenvalue weighted by Crippen LogP contribution is 2.26. The molecule has 5 heteroatoms. The Bertz CT molecular complexity index is 278. The van der Waals surface area contributed by atoms with Gasteiger partial charge in [0, 0.05) is 6.42 Å². The third-order valence-electron chi connectivity index (χ3n) is 1.68. The van der Waals surface area contributed by atoms with Crippen molar-refractivity contribution in [3.8, 4) is 0 Å². The number of carbonyl (C=O) groups is 1. The molecule has 1 atom stereocenters. The topological polar surface area (TPSA) is 98.0 Å². The third kappa shape index (κ3) is 1.04. The van der Waals surface area contributed by atoms with Crippen molar-refractivity contribution < 1.29 is 25.2 Å². The normalized spacial score (nSPS) is 29.1. The molecule has 0 aliphatic heterocycles. The van der Waals surface area contributed by atoms with Gasteiger partial charge in [0.15, 0.2) is 11.5 Å². The minimum Gasteiger partial charge on any atom is -0.505 e. The van der Waals surface area contributed by atoms with Crippen LogP contribution in [0.25, 0.3) is 0 Å². The molecule has 1 unspecified atom stereocenters. The van der Waals surface area contributed by atoms with E-state index in [0.717, 1.165) is 6.08 Å². The van der Waals surface area contributed by atoms with E-state index in [1.54, 1.807) is 0 Å². The molecular weight excluding hydrogens is 164 g/mol. The minimum absolute atomic E-state index is 0.252. The van der Waals surface area contributed by atoms with Crippen molar-refractivity contribution in [2.24, 2.45) is 0 Å². The zero-order chi connectivity index (χ0) is 9.35. The van der Waals surface area contributed by atoms with Crippen LogP contribution in [0.1, 0.15) is 6.42 Å². The van der Waals surface area contributed by atoms with Gasteiger partial charge in [-0.25, -0.2) is 4.79 Å². The van der Waals surface area contributed by atoms with Crippen LogP contribution in [-0.2, 0) is 4.79 Å². The molecule has 0 bridgehead atoms. The second-order valence-electron chi connectivity index (χ2n) is 2.51. The number of rotatable bonds is 1. The summed E-state index contributed by atoms with van der Waals surface area (Å²) in [4.78, 5) is 10.4. The first kappa shape index (κ1) is 8.61. The second kappa shape index (κ2) is 2.53. The van der Waals surface area contributed by atoms with E-state index in [1.165, 1.54) is 6.08 Å². The Kier molecular flexibility index (Phi) is 1.81. The largest absolute Gasteiger partial charge is 0.505 e. The molecule has 0 saturated heterocycles. The Morgan fingerprint density at radius 1 is 1.50 bits per heavy atom.